The smallest absolute Gasteiger partial charge is 1.00 e. The second-order valence-corrected chi connectivity index (χ2v) is 16.6. The quantitative estimate of drug-likeness (QED) is 0.199. The molecule has 0 unspecified atom stereocenters. The molecule has 0 nitrogen and oxygen atoms in total. The van der Waals surface area contributed by atoms with Gasteiger partial charge in [0.15, 0.2) is 0 Å². The molecule has 0 rings (SSSR count). The molecule has 0 fully saturated rings. The van der Waals surface area contributed by atoms with Crippen molar-refractivity contribution in [2.45, 2.75) is 122 Å². The third kappa shape index (κ3) is 172. The first kappa shape index (κ1) is 63.6. The van der Waals surface area contributed by atoms with Crippen molar-refractivity contribution < 1.29 is 23.5 Å². The molecule has 0 bridgehead atoms. The van der Waals surface area contributed by atoms with Crippen molar-refractivity contribution in [3.05, 3.63) is 0 Å². The van der Waals surface area contributed by atoms with Crippen LogP contribution in [0.25, 0.3) is 0 Å². The second kappa shape index (κ2) is 96.0. The Labute approximate surface area is 220 Å². The molecule has 0 aliphatic heterocycles. The van der Waals surface area contributed by atoms with E-state index in [-0.39, 0.29) is 23.5 Å². The fourth-order valence-corrected chi connectivity index (χ4v) is 4.33. The van der Waals surface area contributed by atoms with Crippen LogP contribution in [0.4, 0.5) is 0 Å². The molecule has 0 spiro atoms. The first-order valence-corrected chi connectivity index (χ1v) is 19.3. The molecule has 0 amide bonds. The molecule has 30 heavy (non-hydrogen) atoms. The first-order chi connectivity index (χ1) is 12.1. The third-order valence-corrected chi connectivity index (χ3v) is 8.66. The van der Waals surface area contributed by atoms with Crippen LogP contribution in [0.15, 0.2) is 0 Å². The van der Waals surface area contributed by atoms with Gasteiger partial charge in [-0.2, -0.15) is 0 Å². The summed E-state index contributed by atoms with van der Waals surface area (Å²) < 4.78 is 0. The van der Waals surface area contributed by atoms with Gasteiger partial charge in [0.1, 0.15) is 0 Å². The van der Waals surface area contributed by atoms with Crippen molar-refractivity contribution in [2.24, 2.45) is 0 Å². The zero-order valence-corrected chi connectivity index (χ0v) is 27.6. The van der Waals surface area contributed by atoms with Crippen LogP contribution in [0.5, 0.6) is 0 Å². The zero-order chi connectivity index (χ0) is 20.6. The summed E-state index contributed by atoms with van der Waals surface area (Å²) in [6, 6.07) is 0. The molecule has 0 aromatic carbocycles. The SMILES string of the molecule is C[CH2][Al+][CH2]C.C[CH2][Al+][CH2]C.C[CH2][Al+][CH2]C.C[CH2][Al+][CH2]C.C[CH2][Al+][CH2]C.[F-].[F-].[F-].[F-].[F-]. The summed E-state index contributed by atoms with van der Waals surface area (Å²) in [5.41, 5.74) is 0. The normalized spacial score (nSPS) is 5.67. The number of halogens is 5. The standard InChI is InChI=1S/10C2H5.5Al.5FH/c10*1-2;;;;;;;;;;/h10*1H2,2H3;;;;;;5*1H/q;;;;;;;;;;5*+1;;;;;/p-5. The van der Waals surface area contributed by atoms with Crippen molar-refractivity contribution in [1.29, 1.82) is 0 Å². The molecule has 0 saturated carbocycles. The Hall–Kier alpha value is 2.31. The summed E-state index contributed by atoms with van der Waals surface area (Å²) in [4.78, 5) is 0. The van der Waals surface area contributed by atoms with Crippen molar-refractivity contribution in [1.82, 2.24) is 0 Å². The van der Waals surface area contributed by atoms with Gasteiger partial charge >= 0.3 is 198 Å². The van der Waals surface area contributed by atoms with E-state index in [1.54, 1.807) is 0 Å². The average molecular weight is 521 g/mol. The van der Waals surface area contributed by atoms with Gasteiger partial charge in [-0.1, -0.05) is 0 Å². The van der Waals surface area contributed by atoms with Crippen molar-refractivity contribution in [3.63, 3.8) is 0 Å². The number of hydrogen-bond acceptors (Lipinski definition) is 0. The first-order valence-electron chi connectivity index (χ1n) is 11.2. The minimum Gasteiger partial charge on any atom is -1.00 e. The predicted octanol–water partition coefficient (Wildman–Crippen LogP) is -7.15. The Morgan fingerprint density at radius 1 is 0.233 bits per heavy atom. The number of rotatable bonds is 10. The fourth-order valence-electron chi connectivity index (χ4n) is 1.44. The van der Waals surface area contributed by atoms with Gasteiger partial charge < -0.3 is 23.5 Å². The van der Waals surface area contributed by atoms with Crippen LogP contribution in [-0.2, 0) is 0 Å². The van der Waals surface area contributed by atoms with Crippen LogP contribution >= 0.6 is 0 Å². The van der Waals surface area contributed by atoms with E-state index in [0.717, 1.165) is 76.1 Å². The van der Waals surface area contributed by atoms with Gasteiger partial charge in [-0.25, -0.2) is 0 Å². The van der Waals surface area contributed by atoms with Gasteiger partial charge in [0.2, 0.25) is 0 Å². The predicted molar refractivity (Wildman–Crippen MR) is 134 cm³/mol. The van der Waals surface area contributed by atoms with Crippen LogP contribution < -0.4 is 23.5 Å². The molecule has 0 aromatic rings. The Morgan fingerprint density at radius 3 is 0.300 bits per heavy atom. The van der Waals surface area contributed by atoms with Gasteiger partial charge in [0.05, 0.1) is 0 Å². The molecule has 0 aliphatic carbocycles. The van der Waals surface area contributed by atoms with Gasteiger partial charge in [-0.15, -0.1) is 0 Å². The summed E-state index contributed by atoms with van der Waals surface area (Å²) in [5, 5.41) is 14.3. The summed E-state index contributed by atoms with van der Waals surface area (Å²) in [7, 11) is 0. The van der Waals surface area contributed by atoms with E-state index >= 15 is 0 Å². The van der Waals surface area contributed by atoms with E-state index in [4.69, 9.17) is 0 Å². The van der Waals surface area contributed by atoms with Crippen LogP contribution in [0.1, 0.15) is 69.2 Å². The van der Waals surface area contributed by atoms with Gasteiger partial charge in [0.25, 0.3) is 0 Å². The topological polar surface area (TPSA) is 0 Å². The van der Waals surface area contributed by atoms with E-state index in [2.05, 4.69) is 69.2 Å². The molecule has 0 saturated heterocycles. The summed E-state index contributed by atoms with van der Waals surface area (Å²) >= 11 is 4.07. The Balaban J connectivity index is -0.0000000200. The minimum atomic E-state index is 0. The molecule has 0 aliphatic rings. The molecule has 10 heteroatoms. The molecule has 180 valence electrons. The maximum Gasteiger partial charge on any atom is -1.00 e. The Bertz CT molecular complexity index is 110. The summed E-state index contributed by atoms with van der Waals surface area (Å²) in [6.07, 6.45) is 0. The van der Waals surface area contributed by atoms with E-state index in [1.807, 2.05) is 0 Å². The van der Waals surface area contributed by atoms with Crippen molar-refractivity contribution in [2.75, 3.05) is 0 Å². The average Bonchev–Trinajstić information content (AvgIpc) is 2.61. The van der Waals surface area contributed by atoms with Crippen LogP contribution in [-0.4, -0.2) is 76.1 Å². The molecule has 0 heterocycles. The van der Waals surface area contributed by atoms with E-state index in [0.29, 0.717) is 0 Å². The van der Waals surface area contributed by atoms with Crippen LogP contribution in [0.2, 0.25) is 52.8 Å². The van der Waals surface area contributed by atoms with E-state index < -0.39 is 0 Å². The minimum absolute atomic E-state index is 0. The Morgan fingerprint density at radius 2 is 0.300 bits per heavy atom. The molecular weight excluding hydrogens is 470 g/mol. The molecule has 0 N–H and O–H groups in total. The maximum absolute atomic E-state index is 2.25. The van der Waals surface area contributed by atoms with Crippen molar-refractivity contribution >= 4 is 76.1 Å². The molecular formula is C20H50Al5F5. The monoisotopic (exact) mass is 520 g/mol. The van der Waals surface area contributed by atoms with Gasteiger partial charge in [-0.05, 0) is 0 Å². The molecule has 0 radical (unpaired) electrons. The summed E-state index contributed by atoms with van der Waals surface area (Å²) in [6.45, 7) is 22.5. The Kier molecular flexibility index (Phi) is 204. The molecule has 0 atom stereocenters. The van der Waals surface area contributed by atoms with Gasteiger partial charge in [0, 0.05) is 0 Å². The van der Waals surface area contributed by atoms with E-state index in [9.17, 15) is 0 Å². The maximum atomic E-state index is 2.25. The van der Waals surface area contributed by atoms with Gasteiger partial charge in [-0.3, -0.25) is 0 Å². The molecule has 0 aromatic heterocycles. The third-order valence-electron chi connectivity index (χ3n) is 2.89. The van der Waals surface area contributed by atoms with Crippen LogP contribution in [0.3, 0.4) is 0 Å². The number of hydrogen-bond donors (Lipinski definition) is 0. The van der Waals surface area contributed by atoms with Crippen molar-refractivity contribution in [3.8, 4) is 0 Å². The second-order valence-electron chi connectivity index (χ2n) is 5.53. The van der Waals surface area contributed by atoms with Crippen LogP contribution in [0, 0.1) is 0 Å². The zero-order valence-electron chi connectivity index (χ0n) is 21.8. The van der Waals surface area contributed by atoms with E-state index in [1.165, 1.54) is 52.8 Å². The largest absolute Gasteiger partial charge is 1.00 e. The fraction of sp³-hybridized carbons (Fsp3) is 1.00. The summed E-state index contributed by atoms with van der Waals surface area (Å²) in [5.74, 6) is 0.